The Morgan fingerprint density at radius 3 is 2.34 bits per heavy atom. The molecule has 0 aliphatic carbocycles. The summed E-state index contributed by atoms with van der Waals surface area (Å²) in [4.78, 5) is 24.6. The Labute approximate surface area is 172 Å². The zero-order valence-electron chi connectivity index (χ0n) is 17.8. The number of hydrogen-bond acceptors (Lipinski definition) is 6. The molecule has 1 aromatic carbocycles. The van der Waals surface area contributed by atoms with Crippen LogP contribution in [0.25, 0.3) is 0 Å². The predicted molar refractivity (Wildman–Crippen MR) is 108 cm³/mol. The molecule has 1 amide bonds. The average Bonchev–Trinajstić information content (AvgIpc) is 2.59. The molecular formula is C20H30N2O6S. The molecular weight excluding hydrogens is 396 g/mol. The molecule has 29 heavy (non-hydrogen) atoms. The minimum atomic E-state index is -3.79. The van der Waals surface area contributed by atoms with Gasteiger partial charge in [0, 0.05) is 18.6 Å². The van der Waals surface area contributed by atoms with Gasteiger partial charge in [-0.3, -0.25) is 4.79 Å². The van der Waals surface area contributed by atoms with Crippen LogP contribution in [0.5, 0.6) is 0 Å². The zero-order chi connectivity index (χ0) is 22.0. The first-order chi connectivity index (χ1) is 13.3. The van der Waals surface area contributed by atoms with Crippen molar-refractivity contribution in [3.05, 3.63) is 29.8 Å². The van der Waals surface area contributed by atoms with E-state index >= 15 is 0 Å². The summed E-state index contributed by atoms with van der Waals surface area (Å²) in [5.41, 5.74) is -0.395. The van der Waals surface area contributed by atoms with Gasteiger partial charge in [0.25, 0.3) is 5.91 Å². The van der Waals surface area contributed by atoms with E-state index in [1.54, 1.807) is 0 Å². The second kappa shape index (κ2) is 8.81. The number of sulfonamides is 1. The summed E-state index contributed by atoms with van der Waals surface area (Å²) in [6, 6.07) is 5.65. The first kappa shape index (κ1) is 23.3. The zero-order valence-corrected chi connectivity index (χ0v) is 18.6. The van der Waals surface area contributed by atoms with Gasteiger partial charge in [-0.1, -0.05) is 6.07 Å². The Kier molecular flexibility index (Phi) is 7.08. The monoisotopic (exact) mass is 426 g/mol. The number of nitrogens with one attached hydrogen (secondary N) is 1. The molecule has 2 rings (SSSR count). The third kappa shape index (κ3) is 6.25. The van der Waals surface area contributed by atoms with E-state index in [4.69, 9.17) is 9.47 Å². The van der Waals surface area contributed by atoms with Gasteiger partial charge >= 0.3 is 5.97 Å². The summed E-state index contributed by atoms with van der Waals surface area (Å²) in [5.74, 6) is -1.19. The van der Waals surface area contributed by atoms with Crippen LogP contribution >= 0.6 is 0 Å². The molecule has 1 heterocycles. The van der Waals surface area contributed by atoms with Crippen LogP contribution in [-0.4, -0.2) is 61.5 Å². The second-order valence-electron chi connectivity index (χ2n) is 8.39. The van der Waals surface area contributed by atoms with Crippen molar-refractivity contribution in [1.82, 2.24) is 9.62 Å². The van der Waals surface area contributed by atoms with E-state index < -0.39 is 33.5 Å². The van der Waals surface area contributed by atoms with Crippen molar-refractivity contribution in [3.63, 3.8) is 0 Å². The predicted octanol–water partition coefficient (Wildman–Crippen LogP) is 1.94. The molecule has 1 fully saturated rings. The van der Waals surface area contributed by atoms with Gasteiger partial charge in [0.1, 0.15) is 0 Å². The quantitative estimate of drug-likeness (QED) is 0.722. The van der Waals surface area contributed by atoms with Gasteiger partial charge in [0.05, 0.1) is 22.7 Å². The number of esters is 1. The first-order valence-electron chi connectivity index (χ1n) is 9.58. The molecule has 1 aliphatic heterocycles. The summed E-state index contributed by atoms with van der Waals surface area (Å²) in [6.07, 6.45) is -1.45. The van der Waals surface area contributed by atoms with Gasteiger partial charge in [-0.15, -0.1) is 0 Å². The van der Waals surface area contributed by atoms with Crippen molar-refractivity contribution in [3.8, 4) is 0 Å². The number of morpholine rings is 1. The van der Waals surface area contributed by atoms with E-state index in [1.165, 1.54) is 35.5 Å². The fraction of sp³-hybridized carbons (Fsp3) is 0.600. The topological polar surface area (TPSA) is 102 Å². The second-order valence-corrected chi connectivity index (χ2v) is 10.3. The Morgan fingerprint density at radius 2 is 1.79 bits per heavy atom. The highest BCUT2D eigenvalue weighted by Crippen LogP contribution is 2.22. The summed E-state index contributed by atoms with van der Waals surface area (Å²) < 4.78 is 38.1. The summed E-state index contributed by atoms with van der Waals surface area (Å²) in [5, 5.41) is 2.73. The summed E-state index contributed by atoms with van der Waals surface area (Å²) >= 11 is 0. The Balaban J connectivity index is 2.16. The molecule has 1 saturated heterocycles. The van der Waals surface area contributed by atoms with Crippen LogP contribution in [0.15, 0.2) is 29.2 Å². The largest absolute Gasteiger partial charge is 0.449 e. The van der Waals surface area contributed by atoms with Crippen LogP contribution in [-0.2, 0) is 24.3 Å². The first-order valence-corrected chi connectivity index (χ1v) is 11.0. The van der Waals surface area contributed by atoms with Crippen LogP contribution in [0.4, 0.5) is 0 Å². The fourth-order valence-electron chi connectivity index (χ4n) is 3.01. The van der Waals surface area contributed by atoms with E-state index in [9.17, 15) is 18.0 Å². The molecule has 162 valence electrons. The van der Waals surface area contributed by atoms with E-state index in [1.807, 2.05) is 34.6 Å². The van der Waals surface area contributed by atoms with E-state index in [2.05, 4.69) is 5.32 Å². The standard InChI is InChI=1S/C20H30N2O6S/c1-13-11-22(12-14(2)27-13)29(25,26)17-9-7-8-16(10-17)19(24)28-15(3)18(23)21-20(4,5)6/h7-10,13-15H,11-12H2,1-6H3,(H,21,23)/t13-,14-,15+/m1/s1. The maximum Gasteiger partial charge on any atom is 0.338 e. The van der Waals surface area contributed by atoms with Gasteiger partial charge < -0.3 is 14.8 Å². The molecule has 0 unspecified atom stereocenters. The molecule has 0 bridgehead atoms. The van der Waals surface area contributed by atoms with Crippen molar-refractivity contribution in [2.75, 3.05) is 13.1 Å². The number of nitrogens with zero attached hydrogens (tertiary/aromatic N) is 1. The number of carbonyl (C=O) groups excluding carboxylic acids is 2. The van der Waals surface area contributed by atoms with Gasteiger partial charge in [-0.2, -0.15) is 4.31 Å². The Morgan fingerprint density at radius 1 is 1.21 bits per heavy atom. The van der Waals surface area contributed by atoms with E-state index in [0.29, 0.717) is 0 Å². The van der Waals surface area contributed by atoms with Crippen LogP contribution in [0, 0.1) is 0 Å². The third-order valence-corrected chi connectivity index (χ3v) is 6.07. The molecule has 1 aliphatic rings. The number of hydrogen-bond donors (Lipinski definition) is 1. The van der Waals surface area contributed by atoms with E-state index in [0.717, 1.165) is 0 Å². The fourth-order valence-corrected chi connectivity index (χ4v) is 4.65. The van der Waals surface area contributed by atoms with Crippen molar-refractivity contribution < 1.29 is 27.5 Å². The molecule has 0 spiro atoms. The summed E-state index contributed by atoms with van der Waals surface area (Å²) in [7, 11) is -3.79. The van der Waals surface area contributed by atoms with Crippen molar-refractivity contribution in [1.29, 1.82) is 0 Å². The van der Waals surface area contributed by atoms with Gasteiger partial charge in [-0.05, 0) is 59.7 Å². The van der Waals surface area contributed by atoms with Crippen molar-refractivity contribution >= 4 is 21.9 Å². The molecule has 1 N–H and O–H groups in total. The van der Waals surface area contributed by atoms with Crippen LogP contribution in [0.2, 0.25) is 0 Å². The number of amides is 1. The van der Waals surface area contributed by atoms with E-state index in [-0.39, 0.29) is 35.8 Å². The molecule has 3 atom stereocenters. The molecule has 9 heteroatoms. The number of benzene rings is 1. The lowest BCUT2D eigenvalue weighted by molar-refractivity contribution is -0.130. The van der Waals surface area contributed by atoms with Crippen molar-refractivity contribution in [2.45, 2.75) is 70.3 Å². The minimum Gasteiger partial charge on any atom is -0.449 e. The lowest BCUT2D eigenvalue weighted by Gasteiger charge is -2.34. The van der Waals surface area contributed by atoms with Gasteiger partial charge in [-0.25, -0.2) is 13.2 Å². The Bertz CT molecular complexity index is 852. The summed E-state index contributed by atoms with van der Waals surface area (Å²) in [6.45, 7) is 11.0. The van der Waals surface area contributed by atoms with Crippen LogP contribution in [0.1, 0.15) is 51.9 Å². The highest BCUT2D eigenvalue weighted by molar-refractivity contribution is 7.89. The Hall–Kier alpha value is -1.97. The highest BCUT2D eigenvalue weighted by atomic mass is 32.2. The van der Waals surface area contributed by atoms with Gasteiger partial charge in [0.15, 0.2) is 6.10 Å². The number of rotatable bonds is 5. The van der Waals surface area contributed by atoms with Crippen molar-refractivity contribution in [2.24, 2.45) is 0 Å². The average molecular weight is 427 g/mol. The van der Waals surface area contributed by atoms with Crippen LogP contribution in [0.3, 0.4) is 0 Å². The smallest absolute Gasteiger partial charge is 0.338 e. The third-order valence-electron chi connectivity index (χ3n) is 4.24. The lowest BCUT2D eigenvalue weighted by Crippen LogP contribution is -2.48. The number of carbonyl (C=O) groups is 2. The number of ether oxygens (including phenoxy) is 2. The normalized spacial score (nSPS) is 22.0. The molecule has 1 aromatic rings. The molecule has 0 aromatic heterocycles. The molecule has 0 radical (unpaired) electrons. The maximum atomic E-state index is 13.0. The molecule has 8 nitrogen and oxygen atoms in total. The van der Waals surface area contributed by atoms with Crippen LogP contribution < -0.4 is 5.32 Å². The lowest BCUT2D eigenvalue weighted by atomic mass is 10.1. The maximum absolute atomic E-state index is 13.0. The highest BCUT2D eigenvalue weighted by Gasteiger charge is 2.32. The van der Waals surface area contributed by atoms with Gasteiger partial charge in [0.2, 0.25) is 10.0 Å². The minimum absolute atomic E-state index is 0.0000427. The SMILES string of the molecule is C[C@@H]1CN(S(=O)(=O)c2cccc(C(=O)O[C@@H](C)C(=O)NC(C)(C)C)c2)C[C@@H](C)O1. The molecule has 0 saturated carbocycles.